The molecule has 0 fully saturated rings. The summed E-state index contributed by atoms with van der Waals surface area (Å²) in [7, 11) is -4.47. The molecule has 0 bridgehead atoms. The van der Waals surface area contributed by atoms with Gasteiger partial charge in [-0.15, -0.1) is 0 Å². The number of phosphoric ester groups is 1. The van der Waals surface area contributed by atoms with E-state index in [-0.39, 0.29) is 23.2 Å². The fraction of sp³-hybridized carbons (Fsp3) is 0.538. The zero-order valence-corrected chi connectivity index (χ0v) is 22.0. The number of aryl methyl sites for hydroxylation is 1. The van der Waals surface area contributed by atoms with Gasteiger partial charge in [-0.2, -0.15) is 0 Å². The van der Waals surface area contributed by atoms with Crippen molar-refractivity contribution in [2.45, 2.75) is 84.8 Å². The van der Waals surface area contributed by atoms with Crippen LogP contribution in [0.4, 0.5) is 0 Å². The molecule has 0 heterocycles. The molecule has 6 nitrogen and oxygen atoms in total. The summed E-state index contributed by atoms with van der Waals surface area (Å²) in [5.41, 5.74) is 2.38. The Morgan fingerprint density at radius 2 is 1.33 bits per heavy atom. The maximum absolute atomic E-state index is 11.0. The van der Waals surface area contributed by atoms with E-state index in [1.54, 1.807) is 0 Å². The zero-order chi connectivity index (χ0) is 25.1. The van der Waals surface area contributed by atoms with Crippen LogP contribution in [-0.2, 0) is 20.9 Å². The Bertz CT molecular complexity index is 962. The van der Waals surface area contributed by atoms with Crippen LogP contribution in [-0.4, -0.2) is 27.6 Å². The molecule has 184 valence electrons. The van der Waals surface area contributed by atoms with E-state index in [0.29, 0.717) is 12.8 Å². The summed E-state index contributed by atoms with van der Waals surface area (Å²) in [4.78, 5) is 17.9. The summed E-state index contributed by atoms with van der Waals surface area (Å²) in [6.07, 6.45) is 1.04. The third kappa shape index (κ3) is 9.13. The molecule has 0 atom stereocenters. The fourth-order valence-corrected chi connectivity index (χ4v) is 3.87. The monoisotopic (exact) mass is 478 g/mol. The van der Waals surface area contributed by atoms with Crippen LogP contribution in [0.15, 0.2) is 42.5 Å². The van der Waals surface area contributed by atoms with Crippen LogP contribution < -0.4 is 9.47 Å². The third-order valence-corrected chi connectivity index (χ3v) is 5.57. The average Bonchev–Trinajstić information content (AvgIpc) is 2.63. The van der Waals surface area contributed by atoms with E-state index in [1.807, 2.05) is 59.7 Å². The second-order valence-corrected chi connectivity index (χ2v) is 12.1. The number of hydrogen-bond acceptors (Lipinski definition) is 4. The fourth-order valence-electron chi connectivity index (χ4n) is 3.50. The lowest BCUT2D eigenvalue weighted by Crippen LogP contribution is -2.24. The van der Waals surface area contributed by atoms with Crippen LogP contribution in [0.1, 0.15) is 78.5 Å². The molecule has 2 rings (SSSR count). The molecule has 0 saturated heterocycles. The normalized spacial score (nSPS) is 13.2. The van der Waals surface area contributed by atoms with Gasteiger partial charge in [0.25, 0.3) is 0 Å². The van der Waals surface area contributed by atoms with Crippen LogP contribution in [0.2, 0.25) is 0 Å². The Morgan fingerprint density at radius 1 is 0.788 bits per heavy atom. The second-order valence-electron chi connectivity index (χ2n) is 10.8. The van der Waals surface area contributed by atoms with Gasteiger partial charge in [0.05, 0.1) is 6.61 Å². The molecular formula is C26H39O6P. The topological polar surface area (TPSA) is 85.2 Å². The number of rotatable bonds is 9. The molecule has 2 N–H and O–H groups in total. The van der Waals surface area contributed by atoms with Crippen molar-refractivity contribution in [2.24, 2.45) is 0 Å². The largest absolute Gasteiger partial charge is 0.488 e. The molecule has 0 spiro atoms. The summed E-state index contributed by atoms with van der Waals surface area (Å²) >= 11 is 0. The predicted molar refractivity (Wildman–Crippen MR) is 132 cm³/mol. The first-order valence-corrected chi connectivity index (χ1v) is 12.8. The van der Waals surface area contributed by atoms with Crippen molar-refractivity contribution >= 4 is 7.82 Å². The molecule has 0 unspecified atom stereocenters. The number of ether oxygens (including phenoxy) is 2. The Kier molecular flexibility index (Phi) is 8.46. The lowest BCUT2D eigenvalue weighted by atomic mass is 9.77. The summed E-state index contributed by atoms with van der Waals surface area (Å²) in [6.45, 7) is 16.4. The molecule has 0 aliphatic rings. The van der Waals surface area contributed by atoms with Crippen LogP contribution in [0.3, 0.4) is 0 Å². The molecule has 0 aromatic heterocycles. The summed E-state index contributed by atoms with van der Waals surface area (Å²) in [5, 5.41) is 0. The SMILES string of the molecule is CC(C)(C)Oc1ccc(C(C)(C)c2ccc(OC(C)(C)C)c(CCCOP(=O)(O)O)c2)cc1. The van der Waals surface area contributed by atoms with Gasteiger partial charge in [-0.3, -0.25) is 4.52 Å². The molecule has 0 radical (unpaired) electrons. The van der Waals surface area contributed by atoms with Crippen molar-refractivity contribution in [3.05, 3.63) is 59.2 Å². The van der Waals surface area contributed by atoms with E-state index in [4.69, 9.17) is 19.3 Å². The highest BCUT2D eigenvalue weighted by molar-refractivity contribution is 7.46. The first kappa shape index (κ1) is 27.4. The molecule has 0 amide bonds. The molecule has 0 aliphatic heterocycles. The van der Waals surface area contributed by atoms with Crippen LogP contribution in [0, 0.1) is 0 Å². The minimum absolute atomic E-state index is 0.0257. The summed E-state index contributed by atoms with van der Waals surface area (Å²) in [6, 6.07) is 14.4. The molecule has 2 aromatic carbocycles. The first-order chi connectivity index (χ1) is 15.0. The zero-order valence-electron chi connectivity index (χ0n) is 21.1. The molecule has 33 heavy (non-hydrogen) atoms. The van der Waals surface area contributed by atoms with Crippen LogP contribution >= 0.6 is 7.82 Å². The number of hydrogen-bond donors (Lipinski definition) is 2. The smallest absolute Gasteiger partial charge is 0.469 e. The highest BCUT2D eigenvalue weighted by Gasteiger charge is 2.25. The Labute approximate surface area is 198 Å². The van der Waals surface area contributed by atoms with Gasteiger partial charge >= 0.3 is 7.82 Å². The van der Waals surface area contributed by atoms with Crippen molar-refractivity contribution in [3.8, 4) is 11.5 Å². The third-order valence-electron chi connectivity index (χ3n) is 5.05. The van der Waals surface area contributed by atoms with Crippen LogP contribution in [0.5, 0.6) is 11.5 Å². The number of benzene rings is 2. The standard InChI is InChI=1S/C26H39O6P/c1-24(2,3)31-22-14-11-20(12-15-22)26(7,8)21-13-16-23(32-25(4,5)6)19(18-21)10-9-17-30-33(27,28)29/h11-16,18H,9-10,17H2,1-8H3,(H2,27,28,29). The van der Waals surface area contributed by atoms with Gasteiger partial charge in [0, 0.05) is 5.41 Å². The van der Waals surface area contributed by atoms with Gasteiger partial charge in [-0.05, 0) is 89.3 Å². The number of phosphoric acid groups is 1. The van der Waals surface area contributed by atoms with Gasteiger partial charge in [0.1, 0.15) is 22.7 Å². The second kappa shape index (κ2) is 10.2. The highest BCUT2D eigenvalue weighted by Crippen LogP contribution is 2.38. The van der Waals surface area contributed by atoms with E-state index in [1.165, 1.54) is 0 Å². The Balaban J connectivity index is 2.31. The van der Waals surface area contributed by atoms with Gasteiger partial charge < -0.3 is 19.3 Å². The van der Waals surface area contributed by atoms with E-state index in [0.717, 1.165) is 28.2 Å². The lowest BCUT2D eigenvalue weighted by Gasteiger charge is -2.29. The maximum Gasteiger partial charge on any atom is 0.469 e. The molecular weight excluding hydrogens is 439 g/mol. The minimum atomic E-state index is -4.47. The van der Waals surface area contributed by atoms with Crippen molar-refractivity contribution in [3.63, 3.8) is 0 Å². The van der Waals surface area contributed by atoms with Gasteiger partial charge in [-0.25, -0.2) is 4.57 Å². The van der Waals surface area contributed by atoms with Crippen molar-refractivity contribution in [1.29, 1.82) is 0 Å². The van der Waals surface area contributed by atoms with Crippen molar-refractivity contribution in [2.75, 3.05) is 6.61 Å². The molecule has 0 aliphatic carbocycles. The lowest BCUT2D eigenvalue weighted by molar-refractivity contribution is 0.129. The van der Waals surface area contributed by atoms with E-state index in [2.05, 4.69) is 42.6 Å². The molecule has 2 aromatic rings. The van der Waals surface area contributed by atoms with Crippen molar-refractivity contribution < 1.29 is 28.3 Å². The van der Waals surface area contributed by atoms with E-state index in [9.17, 15) is 4.57 Å². The summed E-state index contributed by atoms with van der Waals surface area (Å²) in [5.74, 6) is 1.61. The van der Waals surface area contributed by atoms with E-state index < -0.39 is 7.82 Å². The first-order valence-electron chi connectivity index (χ1n) is 11.3. The summed E-state index contributed by atoms with van der Waals surface area (Å²) < 4.78 is 27.7. The Hall–Kier alpha value is -1.85. The highest BCUT2D eigenvalue weighted by atomic mass is 31.2. The maximum atomic E-state index is 11.0. The van der Waals surface area contributed by atoms with Gasteiger partial charge in [0.15, 0.2) is 0 Å². The average molecular weight is 479 g/mol. The van der Waals surface area contributed by atoms with Gasteiger partial charge in [-0.1, -0.05) is 38.1 Å². The minimum Gasteiger partial charge on any atom is -0.488 e. The predicted octanol–water partition coefficient (Wildman–Crippen LogP) is 6.41. The quantitative estimate of drug-likeness (QED) is 0.320. The van der Waals surface area contributed by atoms with Crippen LogP contribution in [0.25, 0.3) is 0 Å². The molecule has 7 heteroatoms. The van der Waals surface area contributed by atoms with E-state index >= 15 is 0 Å². The molecule has 0 saturated carbocycles. The Morgan fingerprint density at radius 3 is 1.85 bits per heavy atom. The van der Waals surface area contributed by atoms with Crippen molar-refractivity contribution in [1.82, 2.24) is 0 Å². The van der Waals surface area contributed by atoms with Gasteiger partial charge in [0.2, 0.25) is 0 Å².